The fourth-order valence-electron chi connectivity index (χ4n) is 19.6. The summed E-state index contributed by atoms with van der Waals surface area (Å²) in [5.74, 6) is 5.92. The average molecular weight is 1870 g/mol. The van der Waals surface area contributed by atoms with Crippen molar-refractivity contribution in [3.63, 3.8) is 0 Å². The molecule has 684 valence electrons. The van der Waals surface area contributed by atoms with Gasteiger partial charge in [-0.1, -0.05) is 364 Å². The Bertz CT molecular complexity index is 8680. The van der Waals surface area contributed by atoms with Crippen molar-refractivity contribution < 1.29 is 17.7 Å². The zero-order valence-electron chi connectivity index (χ0n) is 78.2. The minimum atomic E-state index is 0.552. The Morgan fingerprint density at radius 3 is 0.575 bits per heavy atom. The number of para-hydroxylation sites is 4. The van der Waals surface area contributed by atoms with Crippen LogP contribution < -0.4 is 0 Å². The van der Waals surface area contributed by atoms with Crippen molar-refractivity contribution in [2.24, 2.45) is 0 Å². The summed E-state index contributed by atoms with van der Waals surface area (Å²) >= 11 is 0. The lowest BCUT2D eigenvalue weighted by molar-refractivity contribution is 0.619. The fourth-order valence-corrected chi connectivity index (χ4v) is 19.6. The molecule has 20 aromatic carbocycles. The molecule has 0 aliphatic heterocycles. The third-order valence-electron chi connectivity index (χ3n) is 27.2. The van der Waals surface area contributed by atoms with Crippen LogP contribution in [0.25, 0.3) is 280 Å². The first-order valence-electron chi connectivity index (χ1n) is 48.4. The van der Waals surface area contributed by atoms with Crippen molar-refractivity contribution in [3.8, 4) is 192 Å². The predicted molar refractivity (Wildman–Crippen MR) is 586 cm³/mol. The van der Waals surface area contributed by atoms with Crippen molar-refractivity contribution in [1.29, 1.82) is 0 Å². The molecule has 0 saturated heterocycles. The van der Waals surface area contributed by atoms with Crippen molar-refractivity contribution in [2.45, 2.75) is 0 Å². The van der Waals surface area contributed by atoms with Gasteiger partial charge in [-0.05, 0) is 210 Å². The molecule has 8 heterocycles. The third-order valence-corrected chi connectivity index (χ3v) is 27.2. The quantitative estimate of drug-likeness (QED) is 0.0788. The number of aromatic nitrogens is 12. The maximum absolute atomic E-state index is 6.18. The van der Waals surface area contributed by atoms with E-state index in [1.807, 2.05) is 146 Å². The van der Waals surface area contributed by atoms with Gasteiger partial charge in [-0.15, -0.1) is 0 Å². The summed E-state index contributed by atoms with van der Waals surface area (Å²) in [7, 11) is 0. The van der Waals surface area contributed by atoms with E-state index < -0.39 is 0 Å². The minimum Gasteiger partial charge on any atom is -0.436 e. The van der Waals surface area contributed by atoms with Crippen LogP contribution in [0.1, 0.15) is 0 Å². The Hall–Kier alpha value is -20.1. The lowest BCUT2D eigenvalue weighted by Crippen LogP contribution is -2.06. The van der Waals surface area contributed by atoms with E-state index in [1.165, 1.54) is 0 Å². The molecular weight excluding hydrogens is 1790 g/mol. The van der Waals surface area contributed by atoms with Gasteiger partial charge in [0.25, 0.3) is 0 Å². The molecule has 8 aromatic heterocycles. The van der Waals surface area contributed by atoms with Crippen LogP contribution in [0.4, 0.5) is 0 Å². The SMILES string of the molecule is c1ccc(-c2nc3cc(-c4ccc(-c5ccc(-c6nc(-c7ccc(-c8ccc(-c9ccc%10oc(-c%11ccccc%11)nc%10c9)cc8)cc7)nc(-n7c8ccccc8c8ccccc87)n6)cc5)cc4)ccc3o2)cc1.c1ccc(-c2nc3ccc(-c4ccc(-c5ccc(-c6nc(-c7ccc(-c8ccc(-c9ccc%10nc(-c%11ccccc%11)oc%10c9)cc8)cc7)nc(-n7c8ccccc8c8ccccc87)n6)cc5)cc4)cc3o2)cc1. The number of hydrogen-bond acceptors (Lipinski definition) is 14. The van der Waals surface area contributed by atoms with E-state index in [2.05, 4.69) is 349 Å². The van der Waals surface area contributed by atoms with Crippen LogP contribution in [0, 0.1) is 0 Å². The second kappa shape index (κ2) is 36.3. The summed E-state index contributed by atoms with van der Waals surface area (Å²) in [5, 5.41) is 4.55. The predicted octanol–water partition coefficient (Wildman–Crippen LogP) is 33.2. The van der Waals surface area contributed by atoms with Crippen LogP contribution in [0.15, 0.2) is 503 Å². The first kappa shape index (κ1) is 85.1. The van der Waals surface area contributed by atoms with Crippen LogP contribution in [-0.2, 0) is 0 Å². The second-order valence-electron chi connectivity index (χ2n) is 36.2. The lowest BCUT2D eigenvalue weighted by Gasteiger charge is -2.12. The first-order valence-corrected chi connectivity index (χ1v) is 48.4. The molecule has 146 heavy (non-hydrogen) atoms. The summed E-state index contributed by atoms with van der Waals surface area (Å²) in [4.78, 5) is 50.2. The highest BCUT2D eigenvalue weighted by atomic mass is 16.4. The molecule has 0 saturated carbocycles. The molecule has 0 aliphatic rings. The molecule has 28 rings (SSSR count). The molecule has 0 atom stereocenters. The molecule has 0 aliphatic carbocycles. The molecular formula is C130H80N12O4. The lowest BCUT2D eigenvalue weighted by atomic mass is 9.99. The summed E-state index contributed by atoms with van der Waals surface area (Å²) in [6, 6.07) is 167. The number of oxazole rings is 4. The second-order valence-corrected chi connectivity index (χ2v) is 36.2. The summed E-state index contributed by atoms with van der Waals surface area (Å²) in [6.07, 6.45) is 0. The minimum absolute atomic E-state index is 0.552. The third kappa shape index (κ3) is 16.2. The highest BCUT2D eigenvalue weighted by molar-refractivity contribution is 6.10. The van der Waals surface area contributed by atoms with E-state index in [0.717, 1.165) is 222 Å². The molecule has 0 amide bonds. The van der Waals surface area contributed by atoms with Gasteiger partial charge in [-0.2, -0.15) is 19.9 Å². The smallest absolute Gasteiger partial charge is 0.238 e. The fraction of sp³-hybridized carbons (Fsp3) is 0. The van der Waals surface area contributed by atoms with Crippen LogP contribution in [0.2, 0.25) is 0 Å². The molecule has 0 unspecified atom stereocenters. The van der Waals surface area contributed by atoms with E-state index in [9.17, 15) is 0 Å². The number of nitrogens with zero attached hydrogens (tertiary/aromatic N) is 12. The largest absolute Gasteiger partial charge is 0.436 e. The molecule has 16 heteroatoms. The van der Waals surface area contributed by atoms with E-state index in [0.29, 0.717) is 58.8 Å². The van der Waals surface area contributed by atoms with Gasteiger partial charge in [0.05, 0.1) is 22.1 Å². The summed E-state index contributed by atoms with van der Waals surface area (Å²) < 4.78 is 28.8. The van der Waals surface area contributed by atoms with Crippen molar-refractivity contribution >= 4 is 88.0 Å². The zero-order chi connectivity index (χ0) is 96.5. The van der Waals surface area contributed by atoms with Gasteiger partial charge >= 0.3 is 0 Å². The Kier molecular flexibility index (Phi) is 21.1. The van der Waals surface area contributed by atoms with Crippen molar-refractivity contribution in [2.75, 3.05) is 0 Å². The van der Waals surface area contributed by atoms with Crippen LogP contribution in [0.5, 0.6) is 0 Å². The Labute approximate surface area is 836 Å². The van der Waals surface area contributed by atoms with Crippen LogP contribution in [-0.4, -0.2) is 59.0 Å². The number of hydrogen-bond donors (Lipinski definition) is 0. The van der Waals surface area contributed by atoms with E-state index in [-0.39, 0.29) is 0 Å². The molecule has 0 bridgehead atoms. The summed E-state index contributed by atoms with van der Waals surface area (Å²) in [6.45, 7) is 0. The van der Waals surface area contributed by atoms with Gasteiger partial charge in [0.1, 0.15) is 22.1 Å². The molecule has 0 N–H and O–H groups in total. The number of fused-ring (bicyclic) bond motifs is 10. The Morgan fingerprint density at radius 1 is 0.130 bits per heavy atom. The number of rotatable bonds is 18. The first-order chi connectivity index (χ1) is 72.2. The maximum Gasteiger partial charge on any atom is 0.238 e. The topological polar surface area (TPSA) is 191 Å². The van der Waals surface area contributed by atoms with Crippen LogP contribution >= 0.6 is 0 Å². The van der Waals surface area contributed by atoms with Crippen molar-refractivity contribution in [3.05, 3.63) is 485 Å². The normalized spacial score (nSPS) is 11.6. The molecule has 16 nitrogen and oxygen atoms in total. The average Bonchev–Trinajstić information content (AvgIpc) is 1.58. The van der Waals surface area contributed by atoms with Crippen LogP contribution in [0.3, 0.4) is 0 Å². The van der Waals surface area contributed by atoms with Gasteiger partial charge < -0.3 is 17.7 Å². The molecule has 28 aromatic rings. The van der Waals surface area contributed by atoms with Gasteiger partial charge in [0.2, 0.25) is 35.5 Å². The van der Waals surface area contributed by atoms with E-state index >= 15 is 0 Å². The summed E-state index contributed by atoms with van der Waals surface area (Å²) in [5.41, 5.74) is 35.3. The van der Waals surface area contributed by atoms with E-state index in [1.54, 1.807) is 0 Å². The zero-order valence-corrected chi connectivity index (χ0v) is 78.2. The molecule has 0 radical (unpaired) electrons. The standard InChI is InChI=1S/2C65H40N6O2/c1-3-11-49(12-4-1)63-66-55-39-51(35-37-59(55)72-63)45-23-19-41(20-24-45)43-27-31-47(32-28-43)61-68-62(70-65(69-61)71-57-17-9-7-15-53(57)54-16-8-10-18-58(54)71)48-33-29-44(30-34-48)42-21-25-46(26-22-42)52-36-38-60-56(40-52)67-64(73-60)50-13-5-2-6-14-50;1-3-11-49(12-4-1)63-66-55-37-35-51(39-59(55)72-63)45-23-19-41(20-24-45)43-27-31-47(32-28-43)61-68-62(70-65(69-61)71-57-17-9-7-15-53(57)54-16-8-10-18-58(54)71)48-33-29-44(30-34-48)42-21-25-46(26-22-42)52-36-38-56-60(40-52)73-64(67-56)50-13-5-2-6-14-50/h2*1-40H. The van der Waals surface area contributed by atoms with Gasteiger partial charge in [0.15, 0.2) is 45.6 Å². The highest BCUT2D eigenvalue weighted by Gasteiger charge is 2.24. The Morgan fingerprint density at radius 2 is 0.322 bits per heavy atom. The van der Waals surface area contributed by atoms with Gasteiger partial charge in [-0.25, -0.2) is 29.9 Å². The molecule has 0 spiro atoms. The van der Waals surface area contributed by atoms with Gasteiger partial charge in [-0.3, -0.25) is 9.13 Å². The van der Waals surface area contributed by atoms with Crippen molar-refractivity contribution in [1.82, 2.24) is 59.0 Å². The maximum atomic E-state index is 6.18. The van der Waals surface area contributed by atoms with Gasteiger partial charge in [0, 0.05) is 66.1 Å². The monoisotopic (exact) mass is 1870 g/mol. The Balaban J connectivity index is 0.000000145. The molecule has 0 fully saturated rings. The number of benzene rings is 20. The highest BCUT2D eigenvalue weighted by Crippen LogP contribution is 2.42. The van der Waals surface area contributed by atoms with E-state index in [4.69, 9.17) is 67.5 Å².